The van der Waals surface area contributed by atoms with E-state index in [4.69, 9.17) is 0 Å². The van der Waals surface area contributed by atoms with Crippen molar-refractivity contribution in [3.63, 3.8) is 0 Å². The standard InChI is InChI=1S/C14H9F2N3O2/c1-21-14(20)8-2-5-12-17-18-13(19(12)7-8)10-6-9(15)3-4-11(10)16/h2-7H,1H3. The number of halogens is 2. The van der Waals surface area contributed by atoms with Gasteiger partial charge < -0.3 is 4.74 Å². The Balaban J connectivity index is 2.23. The zero-order valence-corrected chi connectivity index (χ0v) is 10.9. The summed E-state index contributed by atoms with van der Waals surface area (Å²) in [5.74, 6) is -1.66. The fraction of sp³-hybridized carbons (Fsp3) is 0.0714. The van der Waals surface area contributed by atoms with Gasteiger partial charge >= 0.3 is 5.97 Å². The van der Waals surface area contributed by atoms with Gasteiger partial charge in [0, 0.05) is 6.20 Å². The largest absolute Gasteiger partial charge is 0.465 e. The number of methoxy groups -OCH3 is 1. The maximum Gasteiger partial charge on any atom is 0.339 e. The summed E-state index contributed by atoms with van der Waals surface area (Å²) in [4.78, 5) is 11.5. The lowest BCUT2D eigenvalue weighted by Crippen LogP contribution is -2.03. The van der Waals surface area contributed by atoms with Crippen LogP contribution in [-0.4, -0.2) is 27.7 Å². The minimum absolute atomic E-state index is 0.0375. The molecule has 21 heavy (non-hydrogen) atoms. The number of benzene rings is 1. The van der Waals surface area contributed by atoms with Gasteiger partial charge in [-0.25, -0.2) is 13.6 Å². The van der Waals surface area contributed by atoms with Crippen molar-refractivity contribution in [3.8, 4) is 11.4 Å². The maximum atomic E-state index is 13.8. The summed E-state index contributed by atoms with van der Waals surface area (Å²) < 4.78 is 33.2. The maximum absolute atomic E-state index is 13.8. The predicted molar refractivity (Wildman–Crippen MR) is 69.7 cm³/mol. The van der Waals surface area contributed by atoms with Crippen LogP contribution in [0.4, 0.5) is 8.78 Å². The summed E-state index contributed by atoms with van der Waals surface area (Å²) in [6.45, 7) is 0. The van der Waals surface area contributed by atoms with Gasteiger partial charge in [0.1, 0.15) is 11.6 Å². The molecule has 3 aromatic rings. The van der Waals surface area contributed by atoms with Crippen molar-refractivity contribution in [2.24, 2.45) is 0 Å². The molecule has 0 aliphatic rings. The fourth-order valence-corrected chi connectivity index (χ4v) is 1.98. The first-order chi connectivity index (χ1) is 10.1. The molecule has 0 fully saturated rings. The van der Waals surface area contributed by atoms with E-state index >= 15 is 0 Å². The van der Waals surface area contributed by atoms with Gasteiger partial charge in [0.2, 0.25) is 0 Å². The molecule has 0 aliphatic carbocycles. The molecule has 0 aliphatic heterocycles. The Morgan fingerprint density at radius 3 is 2.76 bits per heavy atom. The molecule has 7 heteroatoms. The van der Waals surface area contributed by atoms with Crippen molar-refractivity contribution >= 4 is 11.6 Å². The second kappa shape index (κ2) is 4.93. The second-order valence-electron chi connectivity index (χ2n) is 4.29. The third-order valence-corrected chi connectivity index (χ3v) is 2.99. The van der Waals surface area contributed by atoms with E-state index in [2.05, 4.69) is 14.9 Å². The highest BCUT2D eigenvalue weighted by atomic mass is 19.1. The van der Waals surface area contributed by atoms with Gasteiger partial charge in [-0.1, -0.05) is 0 Å². The number of pyridine rings is 1. The van der Waals surface area contributed by atoms with Crippen molar-refractivity contribution in [1.82, 2.24) is 14.6 Å². The summed E-state index contributed by atoms with van der Waals surface area (Å²) in [7, 11) is 1.26. The lowest BCUT2D eigenvalue weighted by molar-refractivity contribution is 0.0600. The Morgan fingerprint density at radius 2 is 2.00 bits per heavy atom. The van der Waals surface area contributed by atoms with E-state index in [1.807, 2.05) is 0 Å². The van der Waals surface area contributed by atoms with Crippen LogP contribution in [0.15, 0.2) is 36.5 Å². The van der Waals surface area contributed by atoms with Crippen molar-refractivity contribution in [1.29, 1.82) is 0 Å². The van der Waals surface area contributed by atoms with Crippen molar-refractivity contribution in [2.45, 2.75) is 0 Å². The molecule has 0 bridgehead atoms. The van der Waals surface area contributed by atoms with Gasteiger partial charge in [0.05, 0.1) is 18.2 Å². The van der Waals surface area contributed by atoms with Crippen LogP contribution in [0.5, 0.6) is 0 Å². The highest BCUT2D eigenvalue weighted by Gasteiger charge is 2.15. The monoisotopic (exact) mass is 289 g/mol. The van der Waals surface area contributed by atoms with Crippen LogP contribution in [-0.2, 0) is 4.74 Å². The zero-order valence-electron chi connectivity index (χ0n) is 10.9. The smallest absolute Gasteiger partial charge is 0.339 e. The van der Waals surface area contributed by atoms with E-state index in [1.54, 1.807) is 6.07 Å². The van der Waals surface area contributed by atoms with Gasteiger partial charge in [-0.3, -0.25) is 4.40 Å². The third kappa shape index (κ3) is 2.22. The van der Waals surface area contributed by atoms with Gasteiger partial charge in [-0.2, -0.15) is 0 Å². The average Bonchev–Trinajstić information content (AvgIpc) is 2.91. The molecule has 0 unspecified atom stereocenters. The summed E-state index contributed by atoms with van der Waals surface area (Å²) in [6.07, 6.45) is 1.42. The summed E-state index contributed by atoms with van der Waals surface area (Å²) in [5.41, 5.74) is 0.619. The Hall–Kier alpha value is -2.83. The highest BCUT2D eigenvalue weighted by Crippen LogP contribution is 2.23. The molecule has 5 nitrogen and oxygen atoms in total. The normalized spacial score (nSPS) is 10.8. The molecule has 0 spiro atoms. The van der Waals surface area contributed by atoms with Crippen LogP contribution in [0.1, 0.15) is 10.4 Å². The molecule has 0 radical (unpaired) electrons. The van der Waals surface area contributed by atoms with Crippen LogP contribution >= 0.6 is 0 Å². The first-order valence-corrected chi connectivity index (χ1v) is 5.98. The first-order valence-electron chi connectivity index (χ1n) is 5.98. The molecule has 1 aromatic carbocycles. The number of esters is 1. The number of carbonyl (C=O) groups is 1. The van der Waals surface area contributed by atoms with E-state index in [-0.39, 0.29) is 17.0 Å². The SMILES string of the molecule is COC(=O)c1ccc2nnc(-c3cc(F)ccc3F)n2c1. The minimum atomic E-state index is -0.630. The lowest BCUT2D eigenvalue weighted by Gasteiger charge is -2.04. The molecule has 0 saturated carbocycles. The minimum Gasteiger partial charge on any atom is -0.465 e. The quantitative estimate of drug-likeness (QED) is 0.680. The number of rotatable bonds is 2. The Morgan fingerprint density at radius 1 is 1.19 bits per heavy atom. The molecule has 3 rings (SSSR count). The Labute approximate surface area is 117 Å². The molecule has 2 heterocycles. The van der Waals surface area contributed by atoms with Crippen LogP contribution in [0.3, 0.4) is 0 Å². The van der Waals surface area contributed by atoms with Crippen LogP contribution in [0.2, 0.25) is 0 Å². The van der Waals surface area contributed by atoms with Crippen LogP contribution < -0.4 is 0 Å². The van der Waals surface area contributed by atoms with Gasteiger partial charge in [-0.05, 0) is 30.3 Å². The van der Waals surface area contributed by atoms with Gasteiger partial charge in [-0.15, -0.1) is 10.2 Å². The number of nitrogens with zero attached hydrogens (tertiary/aromatic N) is 3. The molecular weight excluding hydrogens is 280 g/mol. The number of ether oxygens (including phenoxy) is 1. The number of hydrogen-bond donors (Lipinski definition) is 0. The molecule has 0 atom stereocenters. The first kappa shape index (κ1) is 13.2. The van der Waals surface area contributed by atoms with Crippen LogP contribution in [0, 0.1) is 11.6 Å². The van der Waals surface area contributed by atoms with Crippen molar-refractivity contribution < 1.29 is 18.3 Å². The highest BCUT2D eigenvalue weighted by molar-refractivity contribution is 5.89. The van der Waals surface area contributed by atoms with E-state index < -0.39 is 17.6 Å². The third-order valence-electron chi connectivity index (χ3n) is 2.99. The Kier molecular flexibility index (Phi) is 3.09. The van der Waals surface area contributed by atoms with E-state index in [9.17, 15) is 13.6 Å². The van der Waals surface area contributed by atoms with Crippen LogP contribution in [0.25, 0.3) is 17.0 Å². The fourth-order valence-electron chi connectivity index (χ4n) is 1.98. The lowest BCUT2D eigenvalue weighted by atomic mass is 10.2. The molecule has 0 saturated heterocycles. The Bertz CT molecular complexity index is 845. The van der Waals surface area contributed by atoms with Crippen molar-refractivity contribution in [2.75, 3.05) is 7.11 Å². The summed E-state index contributed by atoms with van der Waals surface area (Å²) in [5, 5.41) is 7.71. The summed E-state index contributed by atoms with van der Waals surface area (Å²) >= 11 is 0. The number of carbonyl (C=O) groups excluding carboxylic acids is 1. The summed E-state index contributed by atoms with van der Waals surface area (Å²) in [6, 6.07) is 6.11. The van der Waals surface area contributed by atoms with Crippen molar-refractivity contribution in [3.05, 3.63) is 53.7 Å². The molecular formula is C14H9F2N3O2. The molecule has 106 valence electrons. The second-order valence-corrected chi connectivity index (χ2v) is 4.29. The molecule has 0 amide bonds. The average molecular weight is 289 g/mol. The molecule has 2 aromatic heterocycles. The molecule has 0 N–H and O–H groups in total. The topological polar surface area (TPSA) is 56.5 Å². The number of fused-ring (bicyclic) bond motifs is 1. The van der Waals surface area contributed by atoms with E-state index in [0.29, 0.717) is 5.65 Å². The number of aromatic nitrogens is 3. The van der Waals surface area contributed by atoms with Gasteiger partial charge in [0.25, 0.3) is 0 Å². The predicted octanol–water partition coefficient (Wildman–Crippen LogP) is 2.46. The van der Waals surface area contributed by atoms with Gasteiger partial charge in [0.15, 0.2) is 11.5 Å². The zero-order chi connectivity index (χ0) is 15.0. The van der Waals surface area contributed by atoms with E-state index in [0.717, 1.165) is 18.2 Å². The number of hydrogen-bond acceptors (Lipinski definition) is 4. The van der Waals surface area contributed by atoms with E-state index in [1.165, 1.54) is 23.8 Å².